The molecule has 0 amide bonds. The Morgan fingerprint density at radius 3 is 2.71 bits per heavy atom. The van der Waals surface area contributed by atoms with E-state index < -0.39 is 0 Å². The topological polar surface area (TPSA) is 51.4 Å². The quantitative estimate of drug-likeness (QED) is 0.717. The average molecular weight is 193 g/mol. The maximum Gasteiger partial charge on any atom is 0.129 e. The molecule has 0 aliphatic carbocycles. The fraction of sp³-hybridized carbons (Fsp3) is 0.500. The molecule has 76 valence electrons. The maximum absolute atomic E-state index is 5.71. The summed E-state index contributed by atoms with van der Waals surface area (Å²) in [6, 6.07) is 3.88. The fourth-order valence-corrected chi connectivity index (χ4v) is 1.53. The Morgan fingerprint density at radius 1 is 1.36 bits per heavy atom. The molecule has 0 unspecified atom stereocenters. The summed E-state index contributed by atoms with van der Waals surface area (Å²) in [5, 5.41) is 0. The molecule has 2 rings (SSSR count). The monoisotopic (exact) mass is 193 g/mol. The van der Waals surface area contributed by atoms with Crippen LogP contribution in [0.3, 0.4) is 0 Å². The third kappa shape index (κ3) is 1.80. The van der Waals surface area contributed by atoms with Gasteiger partial charge in [-0.15, -0.1) is 0 Å². The number of nitrogen functional groups attached to an aromatic ring is 1. The third-order valence-corrected chi connectivity index (χ3v) is 2.45. The van der Waals surface area contributed by atoms with Crippen molar-refractivity contribution in [3.63, 3.8) is 0 Å². The van der Waals surface area contributed by atoms with E-state index in [-0.39, 0.29) is 0 Å². The van der Waals surface area contributed by atoms with E-state index in [1.807, 2.05) is 19.1 Å². The molecule has 0 radical (unpaired) electrons. The number of aromatic nitrogens is 1. The molecular weight excluding hydrogens is 178 g/mol. The van der Waals surface area contributed by atoms with Gasteiger partial charge in [-0.1, -0.05) is 0 Å². The molecule has 1 aromatic heterocycles. The van der Waals surface area contributed by atoms with Gasteiger partial charge in [-0.3, -0.25) is 0 Å². The van der Waals surface area contributed by atoms with Gasteiger partial charge < -0.3 is 15.4 Å². The second-order valence-corrected chi connectivity index (χ2v) is 3.44. The highest BCUT2D eigenvalue weighted by atomic mass is 16.5. The van der Waals surface area contributed by atoms with Crippen LogP contribution in [0.2, 0.25) is 0 Å². The van der Waals surface area contributed by atoms with E-state index in [9.17, 15) is 0 Å². The van der Waals surface area contributed by atoms with Crippen LogP contribution in [-0.2, 0) is 4.74 Å². The largest absolute Gasteiger partial charge is 0.397 e. The van der Waals surface area contributed by atoms with E-state index in [0.29, 0.717) is 0 Å². The Kier molecular flexibility index (Phi) is 2.54. The first kappa shape index (κ1) is 9.27. The Labute approximate surface area is 83.7 Å². The van der Waals surface area contributed by atoms with Crippen LogP contribution in [-0.4, -0.2) is 31.3 Å². The summed E-state index contributed by atoms with van der Waals surface area (Å²) < 4.78 is 5.28. The van der Waals surface area contributed by atoms with Crippen LogP contribution in [0.1, 0.15) is 5.69 Å². The standard InChI is InChI=1S/C10H15N3O/c1-8-9(11)2-3-10(12-8)13-4-6-14-7-5-13/h2-3H,4-7,11H2,1H3. The van der Waals surface area contributed by atoms with Crippen LogP contribution >= 0.6 is 0 Å². The summed E-state index contributed by atoms with van der Waals surface area (Å²) in [5.74, 6) is 1.00. The SMILES string of the molecule is Cc1nc(N2CCOCC2)ccc1N. The first-order valence-corrected chi connectivity index (χ1v) is 4.83. The van der Waals surface area contributed by atoms with Crippen molar-refractivity contribution in [2.24, 2.45) is 0 Å². The van der Waals surface area contributed by atoms with Gasteiger partial charge in [0.1, 0.15) is 5.82 Å². The lowest BCUT2D eigenvalue weighted by atomic mass is 10.3. The summed E-state index contributed by atoms with van der Waals surface area (Å²) in [7, 11) is 0. The zero-order valence-electron chi connectivity index (χ0n) is 8.36. The van der Waals surface area contributed by atoms with Crippen LogP contribution in [0.5, 0.6) is 0 Å². The van der Waals surface area contributed by atoms with E-state index in [0.717, 1.165) is 43.5 Å². The number of rotatable bonds is 1. The molecule has 0 saturated carbocycles. The van der Waals surface area contributed by atoms with Crippen molar-refractivity contribution in [1.82, 2.24) is 4.98 Å². The maximum atomic E-state index is 5.71. The summed E-state index contributed by atoms with van der Waals surface area (Å²) in [4.78, 5) is 6.66. The molecule has 1 saturated heterocycles. The highest BCUT2D eigenvalue weighted by molar-refractivity contribution is 5.50. The van der Waals surface area contributed by atoms with Gasteiger partial charge in [0.2, 0.25) is 0 Å². The average Bonchev–Trinajstić information content (AvgIpc) is 2.23. The fourth-order valence-electron chi connectivity index (χ4n) is 1.53. The molecule has 2 heterocycles. The predicted molar refractivity (Wildman–Crippen MR) is 56.4 cm³/mol. The van der Waals surface area contributed by atoms with Crippen molar-refractivity contribution in [2.45, 2.75) is 6.92 Å². The van der Waals surface area contributed by atoms with E-state index in [1.165, 1.54) is 0 Å². The van der Waals surface area contributed by atoms with Crippen molar-refractivity contribution < 1.29 is 4.74 Å². The number of anilines is 2. The second kappa shape index (κ2) is 3.84. The summed E-state index contributed by atoms with van der Waals surface area (Å²) >= 11 is 0. The lowest BCUT2D eigenvalue weighted by Crippen LogP contribution is -2.36. The lowest BCUT2D eigenvalue weighted by Gasteiger charge is -2.28. The van der Waals surface area contributed by atoms with Crippen LogP contribution in [0.25, 0.3) is 0 Å². The summed E-state index contributed by atoms with van der Waals surface area (Å²) in [6.45, 7) is 5.32. The molecule has 1 aromatic rings. The van der Waals surface area contributed by atoms with Gasteiger partial charge in [-0.05, 0) is 19.1 Å². The van der Waals surface area contributed by atoms with E-state index in [4.69, 9.17) is 10.5 Å². The smallest absolute Gasteiger partial charge is 0.129 e. The van der Waals surface area contributed by atoms with Crippen LogP contribution in [0.15, 0.2) is 12.1 Å². The van der Waals surface area contributed by atoms with E-state index in [2.05, 4.69) is 9.88 Å². The molecule has 0 atom stereocenters. The normalized spacial score (nSPS) is 17.1. The van der Waals surface area contributed by atoms with Gasteiger partial charge in [0.25, 0.3) is 0 Å². The van der Waals surface area contributed by atoms with Gasteiger partial charge in [-0.2, -0.15) is 0 Å². The van der Waals surface area contributed by atoms with Gasteiger partial charge in [0.05, 0.1) is 24.6 Å². The Morgan fingerprint density at radius 2 is 2.07 bits per heavy atom. The molecule has 4 heteroatoms. The molecule has 1 aliphatic heterocycles. The zero-order chi connectivity index (χ0) is 9.97. The van der Waals surface area contributed by atoms with E-state index >= 15 is 0 Å². The summed E-state index contributed by atoms with van der Waals surface area (Å²) in [5.41, 5.74) is 7.36. The summed E-state index contributed by atoms with van der Waals surface area (Å²) in [6.07, 6.45) is 0. The molecule has 1 aliphatic rings. The number of nitrogens with zero attached hydrogens (tertiary/aromatic N) is 2. The number of morpholine rings is 1. The minimum atomic E-state index is 0.752. The van der Waals surface area contributed by atoms with Crippen molar-refractivity contribution in [3.05, 3.63) is 17.8 Å². The molecule has 1 fully saturated rings. The van der Waals surface area contributed by atoms with Gasteiger partial charge in [0.15, 0.2) is 0 Å². The van der Waals surface area contributed by atoms with Crippen molar-refractivity contribution >= 4 is 11.5 Å². The number of hydrogen-bond donors (Lipinski definition) is 1. The molecule has 0 aromatic carbocycles. The number of aryl methyl sites for hydroxylation is 1. The Balaban J connectivity index is 2.18. The lowest BCUT2D eigenvalue weighted by molar-refractivity contribution is 0.122. The molecule has 0 spiro atoms. The van der Waals surface area contributed by atoms with Crippen LogP contribution in [0.4, 0.5) is 11.5 Å². The van der Waals surface area contributed by atoms with Crippen molar-refractivity contribution in [3.8, 4) is 0 Å². The molecule has 0 bridgehead atoms. The van der Waals surface area contributed by atoms with Gasteiger partial charge in [0, 0.05) is 13.1 Å². The zero-order valence-corrected chi connectivity index (χ0v) is 8.36. The third-order valence-electron chi connectivity index (χ3n) is 2.45. The van der Waals surface area contributed by atoms with E-state index in [1.54, 1.807) is 0 Å². The molecule has 2 N–H and O–H groups in total. The first-order valence-electron chi connectivity index (χ1n) is 4.83. The number of pyridine rings is 1. The number of ether oxygens (including phenoxy) is 1. The highest BCUT2D eigenvalue weighted by Gasteiger charge is 2.12. The molecular formula is C10H15N3O. The van der Waals surface area contributed by atoms with Crippen molar-refractivity contribution in [2.75, 3.05) is 36.9 Å². The van der Waals surface area contributed by atoms with Crippen LogP contribution in [0, 0.1) is 6.92 Å². The highest BCUT2D eigenvalue weighted by Crippen LogP contribution is 2.16. The Hall–Kier alpha value is -1.29. The molecule has 14 heavy (non-hydrogen) atoms. The first-order chi connectivity index (χ1) is 6.77. The Bertz CT molecular complexity index is 321. The van der Waals surface area contributed by atoms with Crippen molar-refractivity contribution in [1.29, 1.82) is 0 Å². The van der Waals surface area contributed by atoms with Crippen LogP contribution < -0.4 is 10.6 Å². The van der Waals surface area contributed by atoms with Gasteiger partial charge in [-0.25, -0.2) is 4.98 Å². The minimum Gasteiger partial charge on any atom is -0.397 e. The predicted octanol–water partition coefficient (Wildman–Crippen LogP) is 0.809. The number of nitrogens with two attached hydrogens (primary N) is 1. The molecule has 4 nitrogen and oxygen atoms in total. The second-order valence-electron chi connectivity index (χ2n) is 3.44. The number of hydrogen-bond acceptors (Lipinski definition) is 4. The van der Waals surface area contributed by atoms with Gasteiger partial charge >= 0.3 is 0 Å². The minimum absolute atomic E-state index is 0.752.